The fourth-order valence-corrected chi connectivity index (χ4v) is 3.02. The molecule has 4 rings (SSSR count). The molecule has 0 spiro atoms. The Kier molecular flexibility index (Phi) is 5.54. The zero-order valence-corrected chi connectivity index (χ0v) is 16.7. The summed E-state index contributed by atoms with van der Waals surface area (Å²) in [6.45, 7) is -0.906. The van der Waals surface area contributed by atoms with E-state index in [9.17, 15) is 27.2 Å². The molecule has 2 aromatic carbocycles. The topological polar surface area (TPSA) is 119 Å². The highest BCUT2D eigenvalue weighted by molar-refractivity contribution is 5.89. The normalized spacial score (nSPS) is 11.5. The van der Waals surface area contributed by atoms with Gasteiger partial charge in [-0.05, 0) is 30.3 Å². The van der Waals surface area contributed by atoms with Crippen LogP contribution in [0.25, 0.3) is 21.8 Å². The van der Waals surface area contributed by atoms with E-state index in [1.54, 1.807) is 18.2 Å². The molecular weight excluding hydrogens is 450 g/mol. The number of anilines is 2. The van der Waals surface area contributed by atoms with Crippen LogP contribution in [0.3, 0.4) is 0 Å². The highest BCUT2D eigenvalue weighted by Gasteiger charge is 2.41. The molecular formula is C20H13F4N5O4. The second kappa shape index (κ2) is 8.33. The number of rotatable bonds is 5. The van der Waals surface area contributed by atoms with E-state index < -0.39 is 30.1 Å². The van der Waals surface area contributed by atoms with Gasteiger partial charge >= 0.3 is 12.1 Å². The number of esters is 1. The van der Waals surface area contributed by atoms with E-state index in [0.717, 1.165) is 6.07 Å². The van der Waals surface area contributed by atoms with Gasteiger partial charge < -0.3 is 9.47 Å². The van der Waals surface area contributed by atoms with Gasteiger partial charge in [0.2, 0.25) is 11.9 Å². The minimum Gasteiger partial charge on any atom is -0.497 e. The summed E-state index contributed by atoms with van der Waals surface area (Å²) in [6.07, 6.45) is -5.24. The third-order valence-electron chi connectivity index (χ3n) is 4.47. The van der Waals surface area contributed by atoms with Crippen molar-refractivity contribution in [1.82, 2.24) is 19.9 Å². The number of fused-ring (bicyclic) bond motifs is 2. The Bertz CT molecular complexity index is 1440. The molecule has 0 aliphatic heterocycles. The van der Waals surface area contributed by atoms with Crippen molar-refractivity contribution in [2.75, 3.05) is 12.4 Å². The van der Waals surface area contributed by atoms with Crippen molar-refractivity contribution in [3.63, 3.8) is 0 Å². The second-order valence-corrected chi connectivity index (χ2v) is 6.59. The van der Waals surface area contributed by atoms with Crippen molar-refractivity contribution in [1.29, 1.82) is 0 Å². The van der Waals surface area contributed by atoms with E-state index in [1.807, 2.05) is 0 Å². The smallest absolute Gasteiger partial charge is 0.491 e. The highest BCUT2D eigenvalue weighted by Crippen LogP contribution is 2.27. The Hall–Kier alpha value is -4.29. The molecule has 0 aliphatic rings. The lowest BCUT2D eigenvalue weighted by Gasteiger charge is -2.11. The van der Waals surface area contributed by atoms with Crippen LogP contribution in [0.4, 0.5) is 29.5 Å². The maximum Gasteiger partial charge on any atom is 0.491 e. The summed E-state index contributed by atoms with van der Waals surface area (Å²) in [5, 5.41) is 2.71. The molecule has 0 aliphatic carbocycles. The number of benzene rings is 2. The van der Waals surface area contributed by atoms with Crippen molar-refractivity contribution in [2.45, 2.75) is 12.9 Å². The molecule has 0 bridgehead atoms. The van der Waals surface area contributed by atoms with Crippen molar-refractivity contribution in [3.8, 4) is 11.5 Å². The number of H-pyrrole nitrogens is 1. The minimum atomic E-state index is -5.24. The Labute approximate surface area is 181 Å². The lowest BCUT2D eigenvalue weighted by atomic mass is 10.2. The summed E-state index contributed by atoms with van der Waals surface area (Å²) < 4.78 is 60.6. The van der Waals surface area contributed by atoms with Crippen LogP contribution in [-0.4, -0.2) is 39.2 Å². The minimum absolute atomic E-state index is 0.0610. The quantitative estimate of drug-likeness (QED) is 0.262. The van der Waals surface area contributed by atoms with Gasteiger partial charge in [0.25, 0.3) is 5.56 Å². The number of ether oxygens (including phenoxy) is 2. The standard InChI is InChI=1S/C20H13F4N5O4/c1-32-9-5-6-11-10(7-9)13(8-21)27-18(25-11)29-19-26-12-3-2-4-14(15(12)16(30)28-19)33-17(31)20(22,23)24/h2-7H,8H2,1H3,(H2,25,26,27,28,29,30). The zero-order chi connectivity index (χ0) is 23.8. The van der Waals surface area contributed by atoms with E-state index in [0.29, 0.717) is 16.7 Å². The number of nitrogens with one attached hydrogen (secondary N) is 2. The van der Waals surface area contributed by atoms with Gasteiger partial charge in [0, 0.05) is 5.39 Å². The Balaban J connectivity index is 1.72. The molecule has 4 aromatic rings. The molecule has 2 N–H and O–H groups in total. The summed E-state index contributed by atoms with van der Waals surface area (Å²) in [5.74, 6) is -2.83. The van der Waals surface area contributed by atoms with E-state index in [-0.39, 0.29) is 28.5 Å². The van der Waals surface area contributed by atoms with Crippen LogP contribution >= 0.6 is 0 Å². The summed E-state index contributed by atoms with van der Waals surface area (Å²) in [4.78, 5) is 38.4. The molecule has 0 amide bonds. The number of methoxy groups -OCH3 is 1. The summed E-state index contributed by atoms with van der Waals surface area (Å²) in [6, 6.07) is 8.43. The largest absolute Gasteiger partial charge is 0.497 e. The summed E-state index contributed by atoms with van der Waals surface area (Å²) in [7, 11) is 1.46. The number of nitrogens with zero attached hydrogens (tertiary/aromatic N) is 3. The lowest BCUT2D eigenvalue weighted by molar-refractivity contribution is -0.189. The predicted molar refractivity (Wildman–Crippen MR) is 108 cm³/mol. The number of alkyl halides is 4. The molecule has 2 aromatic heterocycles. The molecule has 13 heteroatoms. The molecule has 0 atom stereocenters. The Morgan fingerprint density at radius 1 is 1.12 bits per heavy atom. The van der Waals surface area contributed by atoms with E-state index in [4.69, 9.17) is 4.74 Å². The second-order valence-electron chi connectivity index (χ2n) is 6.59. The first-order valence-electron chi connectivity index (χ1n) is 9.19. The number of hydrogen-bond acceptors (Lipinski definition) is 8. The Morgan fingerprint density at radius 3 is 2.61 bits per heavy atom. The predicted octanol–water partition coefficient (Wildman–Crippen LogP) is 3.56. The van der Waals surface area contributed by atoms with Gasteiger partial charge in [0.1, 0.15) is 23.6 Å². The van der Waals surface area contributed by atoms with Gasteiger partial charge in [0.15, 0.2) is 0 Å². The molecule has 0 saturated carbocycles. The average Bonchev–Trinajstić information content (AvgIpc) is 2.77. The lowest BCUT2D eigenvalue weighted by Crippen LogP contribution is -2.28. The monoisotopic (exact) mass is 463 g/mol. The van der Waals surface area contributed by atoms with Gasteiger partial charge in [0.05, 0.1) is 23.8 Å². The number of carbonyl (C=O) groups is 1. The van der Waals surface area contributed by atoms with Crippen LogP contribution < -0.4 is 20.3 Å². The van der Waals surface area contributed by atoms with Crippen molar-refractivity contribution >= 4 is 39.7 Å². The first-order valence-corrected chi connectivity index (χ1v) is 9.19. The maximum absolute atomic E-state index is 13.6. The number of aromatic amines is 1. The van der Waals surface area contributed by atoms with Crippen LogP contribution in [0.5, 0.6) is 11.5 Å². The number of aromatic nitrogens is 4. The third kappa shape index (κ3) is 4.37. The van der Waals surface area contributed by atoms with Gasteiger partial charge in [-0.2, -0.15) is 13.2 Å². The first-order chi connectivity index (χ1) is 15.7. The van der Waals surface area contributed by atoms with Crippen LogP contribution in [0.2, 0.25) is 0 Å². The van der Waals surface area contributed by atoms with E-state index >= 15 is 0 Å². The van der Waals surface area contributed by atoms with Crippen molar-refractivity contribution in [2.24, 2.45) is 0 Å². The van der Waals surface area contributed by atoms with Crippen LogP contribution in [0.1, 0.15) is 5.69 Å². The average molecular weight is 463 g/mol. The molecule has 0 fully saturated rings. The zero-order valence-electron chi connectivity index (χ0n) is 16.7. The third-order valence-corrected chi connectivity index (χ3v) is 4.47. The molecule has 2 heterocycles. The number of hydrogen-bond donors (Lipinski definition) is 2. The van der Waals surface area contributed by atoms with Gasteiger partial charge in [-0.25, -0.2) is 24.1 Å². The van der Waals surface area contributed by atoms with Crippen molar-refractivity contribution < 1.29 is 31.8 Å². The van der Waals surface area contributed by atoms with Gasteiger partial charge in [-0.15, -0.1) is 0 Å². The highest BCUT2D eigenvalue weighted by atomic mass is 19.4. The SMILES string of the molecule is COc1ccc2nc(Nc3nc4cccc(OC(=O)C(F)(F)F)c4c(=O)[nH]3)nc(CF)c2c1. The summed E-state index contributed by atoms with van der Waals surface area (Å²) >= 11 is 0. The molecule has 170 valence electrons. The fourth-order valence-electron chi connectivity index (χ4n) is 3.02. The number of carbonyl (C=O) groups excluding carboxylic acids is 1. The first kappa shape index (κ1) is 21.9. The summed E-state index contributed by atoms with van der Waals surface area (Å²) in [5.41, 5.74) is -0.495. The molecule has 0 saturated heterocycles. The van der Waals surface area contributed by atoms with Crippen LogP contribution in [0.15, 0.2) is 41.2 Å². The maximum atomic E-state index is 13.6. The molecule has 33 heavy (non-hydrogen) atoms. The molecule has 9 nitrogen and oxygen atoms in total. The van der Waals surface area contributed by atoms with Gasteiger partial charge in [-0.3, -0.25) is 15.1 Å². The Morgan fingerprint density at radius 2 is 1.91 bits per heavy atom. The van der Waals surface area contributed by atoms with Gasteiger partial charge in [-0.1, -0.05) is 6.07 Å². The van der Waals surface area contributed by atoms with Crippen LogP contribution in [-0.2, 0) is 11.5 Å². The van der Waals surface area contributed by atoms with Crippen LogP contribution in [0, 0.1) is 0 Å². The van der Waals surface area contributed by atoms with E-state index in [1.165, 1.54) is 19.2 Å². The molecule has 0 unspecified atom stereocenters. The number of halogens is 4. The van der Waals surface area contributed by atoms with E-state index in [2.05, 4.69) is 30.0 Å². The van der Waals surface area contributed by atoms with Crippen molar-refractivity contribution in [3.05, 3.63) is 52.4 Å². The fraction of sp³-hybridized carbons (Fsp3) is 0.150. The molecule has 0 radical (unpaired) electrons.